The Labute approximate surface area is 109 Å². The van der Waals surface area contributed by atoms with Crippen molar-refractivity contribution in [2.75, 3.05) is 13.7 Å². The second-order valence-corrected chi connectivity index (χ2v) is 6.15. The van der Waals surface area contributed by atoms with Crippen LogP contribution in [0.15, 0.2) is 12.3 Å². The van der Waals surface area contributed by atoms with E-state index in [2.05, 4.69) is 31.5 Å². The van der Waals surface area contributed by atoms with Gasteiger partial charge < -0.3 is 9.30 Å². The van der Waals surface area contributed by atoms with Gasteiger partial charge in [-0.1, -0.05) is 13.8 Å². The number of ketones is 1. The van der Waals surface area contributed by atoms with Crippen molar-refractivity contribution in [1.29, 1.82) is 0 Å². The van der Waals surface area contributed by atoms with Crippen molar-refractivity contribution in [3.8, 4) is 0 Å². The molecule has 3 heteroatoms. The Kier molecular flexibility index (Phi) is 3.62. The first-order valence-electron chi connectivity index (χ1n) is 6.66. The lowest BCUT2D eigenvalue weighted by atomic mass is 9.76. The highest BCUT2D eigenvalue weighted by Crippen LogP contribution is 2.36. The molecule has 18 heavy (non-hydrogen) atoms. The summed E-state index contributed by atoms with van der Waals surface area (Å²) in [6, 6.07) is 2.37. The van der Waals surface area contributed by atoms with Crippen molar-refractivity contribution >= 4 is 5.78 Å². The van der Waals surface area contributed by atoms with Crippen LogP contribution in [0.2, 0.25) is 0 Å². The molecule has 0 fully saturated rings. The van der Waals surface area contributed by atoms with Crippen molar-refractivity contribution < 1.29 is 9.53 Å². The summed E-state index contributed by atoms with van der Waals surface area (Å²) < 4.78 is 7.39. The van der Waals surface area contributed by atoms with Crippen LogP contribution < -0.4 is 0 Å². The molecule has 100 valence electrons. The van der Waals surface area contributed by atoms with Crippen LogP contribution >= 0.6 is 0 Å². The fourth-order valence-electron chi connectivity index (χ4n) is 2.81. The Morgan fingerprint density at radius 1 is 1.44 bits per heavy atom. The highest BCUT2D eigenvalue weighted by molar-refractivity contribution is 5.98. The molecule has 1 aromatic rings. The topological polar surface area (TPSA) is 31.2 Å². The van der Waals surface area contributed by atoms with Crippen LogP contribution in [0.5, 0.6) is 0 Å². The number of carbonyl (C=O) groups is 1. The quantitative estimate of drug-likeness (QED) is 0.820. The van der Waals surface area contributed by atoms with E-state index < -0.39 is 0 Å². The van der Waals surface area contributed by atoms with Gasteiger partial charge in [-0.3, -0.25) is 4.79 Å². The maximum absolute atomic E-state index is 12.1. The summed E-state index contributed by atoms with van der Waals surface area (Å²) in [7, 11) is 1.73. The molecular formula is C15H23NO2. The number of rotatable bonds is 4. The summed E-state index contributed by atoms with van der Waals surface area (Å²) in [4.78, 5) is 12.1. The van der Waals surface area contributed by atoms with E-state index in [1.54, 1.807) is 7.11 Å². The molecule has 0 aromatic carbocycles. The summed E-state index contributed by atoms with van der Waals surface area (Å²) in [5, 5.41) is 0. The molecule has 1 heterocycles. The van der Waals surface area contributed by atoms with Crippen molar-refractivity contribution in [2.45, 2.75) is 46.1 Å². The number of methoxy groups -OCH3 is 1. The fourth-order valence-corrected chi connectivity index (χ4v) is 2.81. The van der Waals surface area contributed by atoms with Gasteiger partial charge in [0.05, 0.1) is 0 Å². The summed E-state index contributed by atoms with van der Waals surface area (Å²) >= 11 is 0. The van der Waals surface area contributed by atoms with Gasteiger partial charge in [0.25, 0.3) is 0 Å². The molecule has 0 radical (unpaired) electrons. The maximum Gasteiger partial charge on any atom is 0.165 e. The number of hydrogen-bond donors (Lipinski definition) is 0. The van der Waals surface area contributed by atoms with Gasteiger partial charge in [-0.25, -0.2) is 0 Å². The smallest absolute Gasteiger partial charge is 0.165 e. The molecule has 0 aliphatic heterocycles. The lowest BCUT2D eigenvalue weighted by molar-refractivity contribution is 0.0909. The molecule has 0 saturated heterocycles. The largest absolute Gasteiger partial charge is 0.385 e. The Morgan fingerprint density at radius 2 is 2.17 bits per heavy atom. The van der Waals surface area contributed by atoms with E-state index in [1.807, 2.05) is 6.07 Å². The van der Waals surface area contributed by atoms with Gasteiger partial charge in [-0.05, 0) is 31.2 Å². The minimum atomic E-state index is 0.0845. The second-order valence-electron chi connectivity index (χ2n) is 6.15. The van der Waals surface area contributed by atoms with Gasteiger partial charge in [-0.15, -0.1) is 0 Å². The van der Waals surface area contributed by atoms with E-state index in [1.165, 1.54) is 5.69 Å². The number of aromatic nitrogens is 1. The monoisotopic (exact) mass is 249 g/mol. The number of carbonyl (C=O) groups excluding carboxylic acids is 1. The van der Waals surface area contributed by atoms with Gasteiger partial charge in [0.1, 0.15) is 0 Å². The van der Waals surface area contributed by atoms with Crippen LogP contribution in [-0.4, -0.2) is 24.1 Å². The van der Waals surface area contributed by atoms with E-state index in [4.69, 9.17) is 4.74 Å². The average molecular weight is 249 g/mol. The highest BCUT2D eigenvalue weighted by atomic mass is 16.5. The van der Waals surface area contributed by atoms with Gasteiger partial charge in [0.15, 0.2) is 5.78 Å². The summed E-state index contributed by atoms with van der Waals surface area (Å²) in [6.07, 6.45) is 4.69. The van der Waals surface area contributed by atoms with Crippen molar-refractivity contribution in [2.24, 2.45) is 5.41 Å². The van der Waals surface area contributed by atoms with Crippen molar-refractivity contribution in [3.63, 3.8) is 0 Å². The number of fused-ring (bicyclic) bond motifs is 1. The van der Waals surface area contributed by atoms with Crippen LogP contribution in [0.25, 0.3) is 0 Å². The average Bonchev–Trinajstić information content (AvgIpc) is 2.68. The number of Topliss-reactive ketones (excluding diaryl/α,β-unsaturated/α-hetero) is 1. The standard InChI is InChI=1S/C15H23NO2/c1-11(6-8-18-4)16-7-5-12-13(16)9-15(2,3)10-14(12)17/h5,7,11H,6,8-10H2,1-4H3. The Hall–Kier alpha value is -1.09. The van der Waals surface area contributed by atoms with Gasteiger partial charge in [0, 0.05) is 43.6 Å². The molecule has 0 N–H and O–H groups in total. The van der Waals surface area contributed by atoms with Crippen molar-refractivity contribution in [3.05, 3.63) is 23.5 Å². The molecule has 0 amide bonds. The van der Waals surface area contributed by atoms with E-state index >= 15 is 0 Å². The third kappa shape index (κ3) is 2.51. The fraction of sp³-hybridized carbons (Fsp3) is 0.667. The Bertz CT molecular complexity index is 445. The van der Waals surface area contributed by atoms with Crippen LogP contribution in [0.4, 0.5) is 0 Å². The lowest BCUT2D eigenvalue weighted by Crippen LogP contribution is -2.28. The van der Waals surface area contributed by atoms with Gasteiger partial charge >= 0.3 is 0 Å². The molecule has 3 nitrogen and oxygen atoms in total. The predicted octanol–water partition coefficient (Wildman–Crippen LogP) is 3.24. The summed E-state index contributed by atoms with van der Waals surface area (Å²) in [6.45, 7) is 7.28. The molecule has 0 saturated carbocycles. The first-order valence-corrected chi connectivity index (χ1v) is 6.66. The molecule has 1 aliphatic rings. The molecule has 1 atom stereocenters. The maximum atomic E-state index is 12.1. The highest BCUT2D eigenvalue weighted by Gasteiger charge is 2.33. The zero-order valence-corrected chi connectivity index (χ0v) is 11.8. The third-order valence-corrected chi connectivity index (χ3v) is 3.82. The first-order chi connectivity index (χ1) is 8.44. The first kappa shape index (κ1) is 13.3. The van der Waals surface area contributed by atoms with Crippen LogP contribution in [-0.2, 0) is 11.2 Å². The van der Waals surface area contributed by atoms with Crippen LogP contribution in [0.3, 0.4) is 0 Å². The molecule has 0 bridgehead atoms. The number of nitrogens with zero attached hydrogens (tertiary/aromatic N) is 1. The zero-order valence-electron chi connectivity index (χ0n) is 11.8. The molecule has 1 aliphatic carbocycles. The molecule has 1 unspecified atom stereocenters. The normalized spacial score (nSPS) is 19.7. The molecule has 2 rings (SSSR count). The lowest BCUT2D eigenvalue weighted by Gasteiger charge is -2.31. The minimum absolute atomic E-state index is 0.0845. The third-order valence-electron chi connectivity index (χ3n) is 3.82. The summed E-state index contributed by atoms with van der Waals surface area (Å²) in [5.41, 5.74) is 2.22. The van der Waals surface area contributed by atoms with Gasteiger partial charge in [-0.2, -0.15) is 0 Å². The van der Waals surface area contributed by atoms with Crippen molar-refractivity contribution in [1.82, 2.24) is 4.57 Å². The van der Waals surface area contributed by atoms with E-state index in [0.29, 0.717) is 18.2 Å². The molecular weight excluding hydrogens is 226 g/mol. The minimum Gasteiger partial charge on any atom is -0.385 e. The second kappa shape index (κ2) is 4.88. The van der Waals surface area contributed by atoms with E-state index in [-0.39, 0.29) is 5.41 Å². The SMILES string of the molecule is COCCC(C)n1ccc2c1CC(C)(C)CC2=O. The molecule has 1 aromatic heterocycles. The molecule has 0 spiro atoms. The van der Waals surface area contributed by atoms with Crippen LogP contribution in [0.1, 0.15) is 55.7 Å². The van der Waals surface area contributed by atoms with Crippen LogP contribution in [0, 0.1) is 5.41 Å². The zero-order chi connectivity index (χ0) is 13.3. The number of hydrogen-bond acceptors (Lipinski definition) is 2. The van der Waals surface area contributed by atoms with Gasteiger partial charge in [0.2, 0.25) is 0 Å². The summed E-state index contributed by atoms with van der Waals surface area (Å²) in [5.74, 6) is 0.291. The van der Waals surface area contributed by atoms with E-state index in [0.717, 1.165) is 25.0 Å². The van der Waals surface area contributed by atoms with E-state index in [9.17, 15) is 4.79 Å². The Balaban J connectivity index is 2.28. The number of ether oxygens (including phenoxy) is 1. The predicted molar refractivity (Wildman–Crippen MR) is 72.1 cm³/mol. The Morgan fingerprint density at radius 3 is 2.83 bits per heavy atom.